The van der Waals surface area contributed by atoms with Gasteiger partial charge in [-0.3, -0.25) is 0 Å². The Hall–Kier alpha value is -2.49. The van der Waals surface area contributed by atoms with Gasteiger partial charge in [0.1, 0.15) is 0 Å². The van der Waals surface area contributed by atoms with Crippen molar-refractivity contribution >= 4 is 5.97 Å². The molecular weight excluding hydrogens is 256 g/mol. The van der Waals surface area contributed by atoms with Crippen molar-refractivity contribution in [3.8, 4) is 22.6 Å². The van der Waals surface area contributed by atoms with Crippen LogP contribution in [0.5, 0.6) is 11.5 Å². The summed E-state index contributed by atoms with van der Waals surface area (Å²) in [6.07, 6.45) is 0. The molecule has 0 fully saturated rings. The second-order valence-electron chi connectivity index (χ2n) is 4.43. The SMILES string of the molecule is COc1cccc(-c2cc(C)cc(C(=O)O)c2)c1OC. The fourth-order valence-electron chi connectivity index (χ4n) is 2.18. The molecule has 0 unspecified atom stereocenters. The molecule has 0 bridgehead atoms. The predicted molar refractivity (Wildman–Crippen MR) is 76.7 cm³/mol. The van der Waals surface area contributed by atoms with E-state index in [1.807, 2.05) is 25.1 Å². The van der Waals surface area contributed by atoms with Crippen molar-refractivity contribution in [2.75, 3.05) is 14.2 Å². The molecule has 0 saturated heterocycles. The van der Waals surface area contributed by atoms with Crippen LogP contribution in [0, 0.1) is 6.92 Å². The average Bonchev–Trinajstić information content (AvgIpc) is 2.45. The molecule has 1 N–H and O–H groups in total. The fourth-order valence-corrected chi connectivity index (χ4v) is 2.18. The minimum Gasteiger partial charge on any atom is -0.493 e. The maximum Gasteiger partial charge on any atom is 0.335 e. The van der Waals surface area contributed by atoms with Crippen LogP contribution in [0.25, 0.3) is 11.1 Å². The molecule has 2 aromatic rings. The standard InChI is InChI=1S/C16H16O4/c1-10-7-11(9-12(8-10)16(17)18)13-5-4-6-14(19-2)15(13)20-3/h4-9H,1-3H3,(H,17,18). The van der Waals surface area contributed by atoms with Gasteiger partial charge in [-0.2, -0.15) is 0 Å². The highest BCUT2D eigenvalue weighted by Crippen LogP contribution is 2.38. The number of hydrogen-bond acceptors (Lipinski definition) is 3. The maximum absolute atomic E-state index is 11.2. The van der Waals surface area contributed by atoms with Gasteiger partial charge in [0.15, 0.2) is 11.5 Å². The van der Waals surface area contributed by atoms with E-state index in [-0.39, 0.29) is 5.56 Å². The van der Waals surface area contributed by atoms with Gasteiger partial charge in [0.2, 0.25) is 0 Å². The lowest BCUT2D eigenvalue weighted by Crippen LogP contribution is -1.98. The number of ether oxygens (including phenoxy) is 2. The molecule has 4 heteroatoms. The van der Waals surface area contributed by atoms with Crippen LogP contribution < -0.4 is 9.47 Å². The Kier molecular flexibility index (Phi) is 3.94. The number of benzene rings is 2. The van der Waals surface area contributed by atoms with Gasteiger partial charge in [-0.15, -0.1) is 0 Å². The molecule has 0 saturated carbocycles. The van der Waals surface area contributed by atoms with Gasteiger partial charge in [-0.05, 0) is 36.2 Å². The topological polar surface area (TPSA) is 55.8 Å². The van der Waals surface area contributed by atoms with E-state index >= 15 is 0 Å². The molecule has 0 aliphatic carbocycles. The number of carboxylic acid groups (broad SMARTS) is 1. The molecule has 0 aliphatic rings. The number of carboxylic acids is 1. The van der Waals surface area contributed by atoms with E-state index in [9.17, 15) is 4.79 Å². The Balaban J connectivity index is 2.65. The lowest BCUT2D eigenvalue weighted by atomic mass is 9.99. The molecule has 0 aliphatic heterocycles. The van der Waals surface area contributed by atoms with Gasteiger partial charge < -0.3 is 14.6 Å². The molecule has 0 atom stereocenters. The van der Waals surface area contributed by atoms with Gasteiger partial charge in [-0.1, -0.05) is 18.2 Å². The van der Waals surface area contributed by atoms with Crippen molar-refractivity contribution in [2.24, 2.45) is 0 Å². The summed E-state index contributed by atoms with van der Waals surface area (Å²) in [5, 5.41) is 9.15. The minimum atomic E-state index is -0.947. The Labute approximate surface area is 117 Å². The highest BCUT2D eigenvalue weighted by Gasteiger charge is 2.13. The first-order valence-corrected chi connectivity index (χ1v) is 6.13. The number of hydrogen-bond donors (Lipinski definition) is 1. The fraction of sp³-hybridized carbons (Fsp3) is 0.188. The first-order valence-electron chi connectivity index (χ1n) is 6.13. The third-order valence-electron chi connectivity index (χ3n) is 3.04. The van der Waals surface area contributed by atoms with Crippen LogP contribution in [0.3, 0.4) is 0 Å². The summed E-state index contributed by atoms with van der Waals surface area (Å²) in [5.41, 5.74) is 2.73. The normalized spacial score (nSPS) is 10.2. The molecule has 0 radical (unpaired) electrons. The number of rotatable bonds is 4. The van der Waals surface area contributed by atoms with E-state index in [0.29, 0.717) is 11.5 Å². The van der Waals surface area contributed by atoms with Crippen molar-refractivity contribution in [1.29, 1.82) is 0 Å². The molecular formula is C16H16O4. The summed E-state index contributed by atoms with van der Waals surface area (Å²) in [6, 6.07) is 10.7. The van der Waals surface area contributed by atoms with Crippen LogP contribution in [-0.4, -0.2) is 25.3 Å². The average molecular weight is 272 g/mol. The highest BCUT2D eigenvalue weighted by atomic mass is 16.5. The highest BCUT2D eigenvalue weighted by molar-refractivity contribution is 5.90. The maximum atomic E-state index is 11.2. The third-order valence-corrected chi connectivity index (χ3v) is 3.04. The van der Waals surface area contributed by atoms with E-state index in [2.05, 4.69) is 0 Å². The zero-order valence-corrected chi connectivity index (χ0v) is 11.6. The van der Waals surface area contributed by atoms with Crippen molar-refractivity contribution in [1.82, 2.24) is 0 Å². The van der Waals surface area contributed by atoms with Crippen LogP contribution in [-0.2, 0) is 0 Å². The Morgan fingerprint density at radius 3 is 2.45 bits per heavy atom. The van der Waals surface area contributed by atoms with Crippen LogP contribution in [0.15, 0.2) is 36.4 Å². The zero-order valence-electron chi connectivity index (χ0n) is 11.6. The third kappa shape index (κ3) is 2.59. The van der Waals surface area contributed by atoms with E-state index in [1.54, 1.807) is 32.4 Å². The number of aryl methyl sites for hydroxylation is 1. The predicted octanol–water partition coefficient (Wildman–Crippen LogP) is 3.38. The van der Waals surface area contributed by atoms with Crippen molar-refractivity contribution in [2.45, 2.75) is 6.92 Å². The molecule has 2 aromatic carbocycles. The summed E-state index contributed by atoms with van der Waals surface area (Å²) in [7, 11) is 3.13. The lowest BCUT2D eigenvalue weighted by molar-refractivity contribution is 0.0697. The molecule has 0 spiro atoms. The molecule has 0 heterocycles. The van der Waals surface area contributed by atoms with E-state index < -0.39 is 5.97 Å². The van der Waals surface area contributed by atoms with E-state index in [1.165, 1.54) is 0 Å². The quantitative estimate of drug-likeness (QED) is 0.927. The summed E-state index contributed by atoms with van der Waals surface area (Å²) in [6.45, 7) is 1.86. The van der Waals surface area contributed by atoms with Gasteiger partial charge in [0.25, 0.3) is 0 Å². The molecule has 4 nitrogen and oxygen atoms in total. The van der Waals surface area contributed by atoms with Crippen LogP contribution in [0.2, 0.25) is 0 Å². The molecule has 2 rings (SSSR count). The summed E-state index contributed by atoms with van der Waals surface area (Å²) in [4.78, 5) is 11.2. The number of para-hydroxylation sites is 1. The van der Waals surface area contributed by atoms with Gasteiger partial charge >= 0.3 is 5.97 Å². The smallest absolute Gasteiger partial charge is 0.335 e. The van der Waals surface area contributed by atoms with Crippen molar-refractivity contribution < 1.29 is 19.4 Å². The van der Waals surface area contributed by atoms with Crippen LogP contribution >= 0.6 is 0 Å². The molecule has 104 valence electrons. The molecule has 0 aromatic heterocycles. The van der Waals surface area contributed by atoms with E-state index in [0.717, 1.165) is 16.7 Å². The van der Waals surface area contributed by atoms with Gasteiger partial charge in [-0.25, -0.2) is 4.79 Å². The van der Waals surface area contributed by atoms with Gasteiger partial charge in [0, 0.05) is 5.56 Å². The van der Waals surface area contributed by atoms with Crippen LogP contribution in [0.4, 0.5) is 0 Å². The molecule has 0 amide bonds. The Morgan fingerprint density at radius 2 is 1.85 bits per heavy atom. The van der Waals surface area contributed by atoms with E-state index in [4.69, 9.17) is 14.6 Å². The lowest BCUT2D eigenvalue weighted by Gasteiger charge is -2.13. The number of carbonyl (C=O) groups is 1. The summed E-state index contributed by atoms with van der Waals surface area (Å²) < 4.78 is 10.7. The second kappa shape index (κ2) is 5.65. The first-order chi connectivity index (χ1) is 9.56. The zero-order chi connectivity index (χ0) is 14.7. The van der Waals surface area contributed by atoms with Gasteiger partial charge in [0.05, 0.1) is 19.8 Å². The summed E-state index contributed by atoms with van der Waals surface area (Å²) in [5.74, 6) is 0.261. The number of aromatic carboxylic acids is 1. The van der Waals surface area contributed by atoms with Crippen molar-refractivity contribution in [3.63, 3.8) is 0 Å². The van der Waals surface area contributed by atoms with Crippen molar-refractivity contribution in [3.05, 3.63) is 47.5 Å². The Morgan fingerprint density at radius 1 is 1.10 bits per heavy atom. The first kappa shape index (κ1) is 13.9. The monoisotopic (exact) mass is 272 g/mol. The van der Waals surface area contributed by atoms with Crippen LogP contribution in [0.1, 0.15) is 15.9 Å². The number of methoxy groups -OCH3 is 2. The largest absolute Gasteiger partial charge is 0.493 e. The minimum absolute atomic E-state index is 0.255. The Bertz CT molecular complexity index is 647. The molecule has 20 heavy (non-hydrogen) atoms. The second-order valence-corrected chi connectivity index (χ2v) is 4.43. The summed E-state index contributed by atoms with van der Waals surface area (Å²) >= 11 is 0.